The summed E-state index contributed by atoms with van der Waals surface area (Å²) in [4.78, 5) is 30.7. The summed E-state index contributed by atoms with van der Waals surface area (Å²) in [6.07, 6.45) is 0. The van der Waals surface area contributed by atoms with E-state index in [0.717, 1.165) is 38.4 Å². The first-order chi connectivity index (χ1) is 15.5. The number of benzene rings is 2. The minimum absolute atomic E-state index is 0.103. The Morgan fingerprint density at radius 2 is 1.69 bits per heavy atom. The highest BCUT2D eigenvalue weighted by Crippen LogP contribution is 2.28. The number of hydrogen-bond donors (Lipinski definition) is 1. The van der Waals surface area contributed by atoms with E-state index in [1.165, 1.54) is 12.1 Å². The van der Waals surface area contributed by atoms with Crippen LogP contribution in [0.4, 0.5) is 22.7 Å². The molecule has 0 spiro atoms. The Morgan fingerprint density at radius 1 is 1.00 bits per heavy atom. The van der Waals surface area contributed by atoms with Crippen LogP contribution in [0.3, 0.4) is 0 Å². The fraction of sp³-hybridized carbons (Fsp3) is 0.435. The molecule has 9 nitrogen and oxygen atoms in total. The summed E-state index contributed by atoms with van der Waals surface area (Å²) in [7, 11) is 0. The van der Waals surface area contributed by atoms with Gasteiger partial charge in [0.1, 0.15) is 0 Å². The van der Waals surface area contributed by atoms with Gasteiger partial charge in [0.05, 0.1) is 29.4 Å². The van der Waals surface area contributed by atoms with Gasteiger partial charge in [-0.2, -0.15) is 0 Å². The molecule has 32 heavy (non-hydrogen) atoms. The molecule has 2 aromatic carbocycles. The fourth-order valence-electron chi connectivity index (χ4n) is 4.18. The van der Waals surface area contributed by atoms with Gasteiger partial charge in [0.15, 0.2) is 0 Å². The Morgan fingerprint density at radius 3 is 2.31 bits per heavy atom. The van der Waals surface area contributed by atoms with Gasteiger partial charge in [-0.25, -0.2) is 0 Å². The summed E-state index contributed by atoms with van der Waals surface area (Å²) in [5.41, 5.74) is 2.66. The SMILES string of the molecule is CCN1CCN(c2ccc(NC(=O)c3cc([N+](=O)[O-])ccc3N3CCOCC3)cc2)CC1. The van der Waals surface area contributed by atoms with Crippen LogP contribution in [0.25, 0.3) is 0 Å². The number of nitro groups is 1. The zero-order valence-electron chi connectivity index (χ0n) is 18.3. The second-order valence-corrected chi connectivity index (χ2v) is 7.98. The Hall–Kier alpha value is -3.17. The van der Waals surface area contributed by atoms with Crippen LogP contribution < -0.4 is 15.1 Å². The van der Waals surface area contributed by atoms with Crippen LogP contribution in [-0.2, 0) is 4.74 Å². The highest BCUT2D eigenvalue weighted by molar-refractivity contribution is 6.08. The van der Waals surface area contributed by atoms with E-state index in [9.17, 15) is 14.9 Å². The lowest BCUT2D eigenvalue weighted by Crippen LogP contribution is -2.46. The Bertz CT molecular complexity index is 951. The molecule has 170 valence electrons. The molecule has 1 amide bonds. The second kappa shape index (κ2) is 9.97. The molecule has 0 aliphatic carbocycles. The number of ether oxygens (including phenoxy) is 1. The zero-order valence-corrected chi connectivity index (χ0v) is 18.3. The lowest BCUT2D eigenvalue weighted by molar-refractivity contribution is -0.384. The summed E-state index contributed by atoms with van der Waals surface area (Å²) in [6, 6.07) is 12.2. The molecule has 4 rings (SSSR count). The molecule has 2 fully saturated rings. The molecular formula is C23H29N5O4. The highest BCUT2D eigenvalue weighted by atomic mass is 16.6. The van der Waals surface area contributed by atoms with E-state index in [1.54, 1.807) is 6.07 Å². The van der Waals surface area contributed by atoms with E-state index >= 15 is 0 Å². The number of morpholine rings is 1. The molecule has 0 unspecified atom stereocenters. The largest absolute Gasteiger partial charge is 0.378 e. The van der Waals surface area contributed by atoms with Gasteiger partial charge in [0.2, 0.25) is 0 Å². The molecule has 1 N–H and O–H groups in total. The second-order valence-electron chi connectivity index (χ2n) is 7.98. The number of carbonyl (C=O) groups excluding carboxylic acids is 1. The predicted octanol–water partition coefficient (Wildman–Crippen LogP) is 2.83. The van der Waals surface area contributed by atoms with E-state index in [0.29, 0.717) is 43.2 Å². The fourth-order valence-corrected chi connectivity index (χ4v) is 4.18. The average molecular weight is 440 g/mol. The lowest BCUT2D eigenvalue weighted by Gasteiger charge is -2.35. The van der Waals surface area contributed by atoms with Gasteiger partial charge < -0.3 is 24.8 Å². The Balaban J connectivity index is 1.49. The number of hydrogen-bond acceptors (Lipinski definition) is 7. The third-order valence-corrected chi connectivity index (χ3v) is 6.10. The first-order valence-electron chi connectivity index (χ1n) is 11.0. The van der Waals surface area contributed by atoms with E-state index in [4.69, 9.17) is 4.74 Å². The minimum atomic E-state index is -0.479. The standard InChI is InChI=1S/C23H29N5O4/c1-2-25-9-11-26(12-10-25)19-5-3-18(4-6-19)24-23(29)21-17-20(28(30)31)7-8-22(21)27-13-15-32-16-14-27/h3-8,17H,2,9-16H2,1H3,(H,24,29). The number of anilines is 3. The number of piperazine rings is 1. The normalized spacial score (nSPS) is 17.3. The van der Waals surface area contributed by atoms with Gasteiger partial charge in [-0.3, -0.25) is 14.9 Å². The van der Waals surface area contributed by atoms with Gasteiger partial charge >= 0.3 is 0 Å². The molecule has 0 atom stereocenters. The average Bonchev–Trinajstić information content (AvgIpc) is 2.84. The van der Waals surface area contributed by atoms with Crippen molar-refractivity contribution in [3.05, 3.63) is 58.1 Å². The predicted molar refractivity (Wildman–Crippen MR) is 125 cm³/mol. The van der Waals surface area contributed by atoms with E-state index < -0.39 is 4.92 Å². The number of likely N-dealkylation sites (N-methyl/N-ethyl adjacent to an activating group) is 1. The molecule has 2 heterocycles. The van der Waals surface area contributed by atoms with Crippen LogP contribution in [-0.4, -0.2) is 74.8 Å². The van der Waals surface area contributed by atoms with Crippen molar-refractivity contribution in [2.75, 3.05) is 74.1 Å². The van der Waals surface area contributed by atoms with Gasteiger partial charge in [-0.15, -0.1) is 0 Å². The third kappa shape index (κ3) is 5.00. The number of rotatable bonds is 6. The van der Waals surface area contributed by atoms with Crippen molar-refractivity contribution in [1.82, 2.24) is 4.90 Å². The van der Waals surface area contributed by atoms with Crippen molar-refractivity contribution in [2.24, 2.45) is 0 Å². The van der Waals surface area contributed by atoms with Gasteiger partial charge in [0.25, 0.3) is 11.6 Å². The number of nitrogens with one attached hydrogen (secondary N) is 1. The summed E-state index contributed by atoms with van der Waals surface area (Å²) >= 11 is 0. The van der Waals surface area contributed by atoms with E-state index in [-0.39, 0.29) is 11.6 Å². The summed E-state index contributed by atoms with van der Waals surface area (Å²) < 4.78 is 5.40. The van der Waals surface area contributed by atoms with Crippen molar-refractivity contribution in [3.63, 3.8) is 0 Å². The molecule has 2 saturated heterocycles. The smallest absolute Gasteiger partial charge is 0.270 e. The first-order valence-corrected chi connectivity index (χ1v) is 11.0. The van der Waals surface area contributed by atoms with Crippen molar-refractivity contribution >= 4 is 28.7 Å². The van der Waals surface area contributed by atoms with Crippen LogP contribution in [0.5, 0.6) is 0 Å². The molecule has 2 aliphatic heterocycles. The summed E-state index contributed by atoms with van der Waals surface area (Å²) in [6.45, 7) is 9.71. The van der Waals surface area contributed by atoms with Crippen LogP contribution in [0.1, 0.15) is 17.3 Å². The number of amides is 1. The van der Waals surface area contributed by atoms with Crippen molar-refractivity contribution in [1.29, 1.82) is 0 Å². The molecule has 0 bridgehead atoms. The first kappa shape index (κ1) is 22.0. The van der Waals surface area contributed by atoms with E-state index in [1.807, 2.05) is 29.2 Å². The number of nitrogens with zero attached hydrogens (tertiary/aromatic N) is 4. The summed E-state index contributed by atoms with van der Waals surface area (Å²) in [5.74, 6) is -0.362. The molecular weight excluding hydrogens is 410 g/mol. The number of non-ortho nitro benzene ring substituents is 1. The lowest BCUT2D eigenvalue weighted by atomic mass is 10.1. The van der Waals surface area contributed by atoms with E-state index in [2.05, 4.69) is 22.0 Å². The molecule has 0 saturated carbocycles. The van der Waals surface area contributed by atoms with Crippen LogP contribution in [0.2, 0.25) is 0 Å². The number of nitro benzene ring substituents is 1. The molecule has 2 aromatic rings. The maximum Gasteiger partial charge on any atom is 0.270 e. The zero-order chi connectivity index (χ0) is 22.5. The molecule has 0 radical (unpaired) electrons. The van der Waals surface area contributed by atoms with Gasteiger partial charge in [0, 0.05) is 62.8 Å². The molecule has 0 aromatic heterocycles. The van der Waals surface area contributed by atoms with Crippen LogP contribution in [0, 0.1) is 10.1 Å². The van der Waals surface area contributed by atoms with Crippen molar-refractivity contribution < 1.29 is 14.5 Å². The highest BCUT2D eigenvalue weighted by Gasteiger charge is 2.22. The molecule has 9 heteroatoms. The Kier molecular flexibility index (Phi) is 6.87. The van der Waals surface area contributed by atoms with Gasteiger partial charge in [-0.1, -0.05) is 6.92 Å². The maximum atomic E-state index is 13.1. The number of carbonyl (C=O) groups is 1. The quantitative estimate of drug-likeness (QED) is 0.547. The van der Waals surface area contributed by atoms with Crippen LogP contribution >= 0.6 is 0 Å². The minimum Gasteiger partial charge on any atom is -0.378 e. The maximum absolute atomic E-state index is 13.1. The topological polar surface area (TPSA) is 91.2 Å². The molecule has 2 aliphatic rings. The Labute approximate surface area is 187 Å². The van der Waals surface area contributed by atoms with Crippen molar-refractivity contribution in [2.45, 2.75) is 6.92 Å². The van der Waals surface area contributed by atoms with Crippen molar-refractivity contribution in [3.8, 4) is 0 Å². The third-order valence-electron chi connectivity index (χ3n) is 6.10. The van der Waals surface area contributed by atoms with Crippen LogP contribution in [0.15, 0.2) is 42.5 Å². The summed E-state index contributed by atoms with van der Waals surface area (Å²) in [5, 5.41) is 14.2. The monoisotopic (exact) mass is 439 g/mol. The van der Waals surface area contributed by atoms with Gasteiger partial charge in [-0.05, 0) is 36.9 Å².